The normalized spacial score (nSPS) is 43.2. The van der Waals surface area contributed by atoms with Gasteiger partial charge in [0.15, 0.2) is 0 Å². The number of rotatable bonds is 1. The lowest BCUT2D eigenvalue weighted by atomic mass is 9.69. The number of fused-ring (bicyclic) bond motifs is 1. The molecule has 1 aromatic rings. The van der Waals surface area contributed by atoms with Crippen molar-refractivity contribution in [2.24, 2.45) is 16.7 Å². The lowest BCUT2D eigenvalue weighted by molar-refractivity contribution is -0.0680. The second-order valence-corrected chi connectivity index (χ2v) is 7.92. The van der Waals surface area contributed by atoms with Gasteiger partial charge >= 0.3 is 0 Å². The number of ether oxygens (including phenoxy) is 1. The first-order valence-corrected chi connectivity index (χ1v) is 8.36. The van der Waals surface area contributed by atoms with Crippen LogP contribution in [0.15, 0.2) is 24.4 Å². The third kappa shape index (κ3) is 1.52. The van der Waals surface area contributed by atoms with Crippen LogP contribution in [-0.4, -0.2) is 16.8 Å². The molecule has 2 heterocycles. The lowest BCUT2D eigenvalue weighted by Gasteiger charge is -2.47. The maximum Gasteiger partial charge on any atom is 0.145 e. The topological polar surface area (TPSA) is 22.1 Å². The molecule has 102 valence electrons. The Morgan fingerprint density at radius 1 is 1.37 bits per heavy atom. The summed E-state index contributed by atoms with van der Waals surface area (Å²) in [5.74, 6) is 2.10. The van der Waals surface area contributed by atoms with E-state index in [0.717, 1.165) is 11.6 Å². The van der Waals surface area contributed by atoms with E-state index in [1.165, 1.54) is 25.0 Å². The van der Waals surface area contributed by atoms with E-state index < -0.39 is 0 Å². The predicted molar refractivity (Wildman–Crippen MR) is 77.9 cm³/mol. The Hall–Kier alpha value is -0.540. The van der Waals surface area contributed by atoms with Crippen molar-refractivity contribution in [1.82, 2.24) is 4.98 Å². The minimum Gasteiger partial charge on any atom is -0.357 e. The van der Waals surface area contributed by atoms with Gasteiger partial charge in [-0.05, 0) is 42.7 Å². The highest BCUT2D eigenvalue weighted by Crippen LogP contribution is 2.70. The summed E-state index contributed by atoms with van der Waals surface area (Å²) in [5, 5.41) is 0. The summed E-state index contributed by atoms with van der Waals surface area (Å²) < 4.78 is 6.46. The molecule has 0 N–H and O–H groups in total. The Balaban J connectivity index is 1.61. The minimum atomic E-state index is 0.145. The fraction of sp³-hybridized carbons (Fsp3) is 0.688. The summed E-state index contributed by atoms with van der Waals surface area (Å²) in [6.07, 6.45) is 6.35. The zero-order valence-electron chi connectivity index (χ0n) is 11.6. The Bertz CT molecular complexity index is 489. The molecule has 1 spiro atoms. The van der Waals surface area contributed by atoms with E-state index >= 15 is 0 Å². The van der Waals surface area contributed by atoms with Crippen molar-refractivity contribution in [3.8, 4) is 0 Å². The van der Waals surface area contributed by atoms with Crippen LogP contribution in [0.4, 0.5) is 0 Å². The molecule has 1 aliphatic heterocycles. The average molecular weight is 275 g/mol. The SMILES string of the molecule is CC1(C)[C@@H]2CC[C@]13CS[C@H](c1ccccn1)O[C@@H]3C2. The molecule has 3 aliphatic rings. The van der Waals surface area contributed by atoms with Crippen molar-refractivity contribution in [3.05, 3.63) is 30.1 Å². The predicted octanol–water partition coefficient (Wildman–Crippen LogP) is 4.04. The van der Waals surface area contributed by atoms with E-state index in [1.807, 2.05) is 24.0 Å². The number of aromatic nitrogens is 1. The van der Waals surface area contributed by atoms with Crippen LogP contribution in [0.25, 0.3) is 0 Å². The Kier molecular flexibility index (Phi) is 2.56. The van der Waals surface area contributed by atoms with Crippen LogP contribution < -0.4 is 0 Å². The molecular weight excluding hydrogens is 254 g/mol. The van der Waals surface area contributed by atoms with Gasteiger partial charge in [0.1, 0.15) is 5.44 Å². The average Bonchev–Trinajstić information content (AvgIpc) is 2.81. The number of hydrogen-bond donors (Lipinski definition) is 0. The highest BCUT2D eigenvalue weighted by molar-refractivity contribution is 7.99. The first-order valence-electron chi connectivity index (χ1n) is 7.31. The van der Waals surface area contributed by atoms with Crippen LogP contribution in [0.2, 0.25) is 0 Å². The van der Waals surface area contributed by atoms with Gasteiger partial charge < -0.3 is 4.74 Å². The number of pyridine rings is 1. The molecule has 1 aromatic heterocycles. The van der Waals surface area contributed by atoms with Gasteiger partial charge in [-0.1, -0.05) is 19.9 Å². The van der Waals surface area contributed by atoms with E-state index in [-0.39, 0.29) is 5.44 Å². The highest BCUT2D eigenvalue weighted by Gasteiger charge is 2.66. The zero-order valence-corrected chi connectivity index (χ0v) is 12.5. The van der Waals surface area contributed by atoms with Gasteiger partial charge in [0.2, 0.25) is 0 Å². The van der Waals surface area contributed by atoms with Crippen molar-refractivity contribution in [1.29, 1.82) is 0 Å². The molecule has 2 bridgehead atoms. The van der Waals surface area contributed by atoms with Gasteiger partial charge in [0.05, 0.1) is 11.8 Å². The van der Waals surface area contributed by atoms with Gasteiger partial charge in [-0.2, -0.15) is 0 Å². The quantitative estimate of drug-likeness (QED) is 0.772. The molecule has 2 nitrogen and oxygen atoms in total. The summed E-state index contributed by atoms with van der Waals surface area (Å²) in [4.78, 5) is 4.47. The van der Waals surface area contributed by atoms with Crippen LogP contribution in [-0.2, 0) is 4.74 Å². The summed E-state index contributed by atoms with van der Waals surface area (Å²) in [5.41, 5.74) is 2.11. The number of hydrogen-bond acceptors (Lipinski definition) is 3. The van der Waals surface area contributed by atoms with E-state index in [1.54, 1.807) is 0 Å². The van der Waals surface area contributed by atoms with Gasteiger partial charge in [-0.25, -0.2) is 0 Å². The fourth-order valence-electron chi connectivity index (χ4n) is 4.61. The Morgan fingerprint density at radius 2 is 2.26 bits per heavy atom. The molecule has 0 aromatic carbocycles. The van der Waals surface area contributed by atoms with Crippen molar-refractivity contribution < 1.29 is 4.74 Å². The molecular formula is C16H21NOS. The van der Waals surface area contributed by atoms with Gasteiger partial charge in [-0.3, -0.25) is 4.98 Å². The second kappa shape index (κ2) is 3.98. The lowest BCUT2D eigenvalue weighted by Crippen LogP contribution is -2.45. The maximum absolute atomic E-state index is 6.46. The van der Waals surface area contributed by atoms with Crippen LogP contribution in [0, 0.1) is 16.7 Å². The molecule has 2 aliphatic carbocycles. The molecule has 2 saturated carbocycles. The molecule has 4 atom stereocenters. The first-order chi connectivity index (χ1) is 9.13. The zero-order chi connectivity index (χ0) is 13.1. The van der Waals surface area contributed by atoms with Crippen LogP contribution in [0.3, 0.4) is 0 Å². The maximum atomic E-state index is 6.46. The van der Waals surface area contributed by atoms with Crippen molar-refractivity contribution in [2.75, 3.05) is 5.75 Å². The summed E-state index contributed by atoms with van der Waals surface area (Å²) in [7, 11) is 0. The summed E-state index contributed by atoms with van der Waals surface area (Å²) in [6.45, 7) is 4.94. The summed E-state index contributed by atoms with van der Waals surface area (Å²) in [6, 6.07) is 6.12. The van der Waals surface area contributed by atoms with E-state index in [4.69, 9.17) is 4.74 Å². The molecule has 19 heavy (non-hydrogen) atoms. The molecule has 1 saturated heterocycles. The third-order valence-electron chi connectivity index (χ3n) is 6.07. The van der Waals surface area contributed by atoms with Crippen LogP contribution in [0.1, 0.15) is 44.2 Å². The number of nitrogens with zero attached hydrogens (tertiary/aromatic N) is 1. The van der Waals surface area contributed by atoms with Crippen molar-refractivity contribution in [2.45, 2.75) is 44.6 Å². The second-order valence-electron chi connectivity index (χ2n) is 6.87. The van der Waals surface area contributed by atoms with Crippen molar-refractivity contribution >= 4 is 11.8 Å². The molecule has 0 unspecified atom stereocenters. The standard InChI is InChI=1S/C16H21NOS/c1-15(2)11-6-7-16(15)10-19-14(18-13(16)9-11)12-5-3-4-8-17-12/h3-5,8,11,13-14H,6-7,9-10H2,1-2H3/t11-,13-,14-,16-/m1/s1. The molecule has 3 heteroatoms. The van der Waals surface area contributed by atoms with Gasteiger partial charge in [0, 0.05) is 17.4 Å². The number of thioether (sulfide) groups is 1. The Labute approximate surface area is 119 Å². The first kappa shape index (κ1) is 12.2. The molecule has 3 fully saturated rings. The summed E-state index contributed by atoms with van der Waals surface area (Å²) >= 11 is 1.96. The van der Waals surface area contributed by atoms with Crippen molar-refractivity contribution in [3.63, 3.8) is 0 Å². The van der Waals surface area contributed by atoms with Gasteiger partial charge in [0.25, 0.3) is 0 Å². The highest BCUT2D eigenvalue weighted by atomic mass is 32.2. The van der Waals surface area contributed by atoms with Crippen LogP contribution >= 0.6 is 11.8 Å². The largest absolute Gasteiger partial charge is 0.357 e. The Morgan fingerprint density at radius 3 is 3.00 bits per heavy atom. The molecule has 0 radical (unpaired) electrons. The molecule has 0 amide bonds. The monoisotopic (exact) mass is 275 g/mol. The molecule has 4 rings (SSSR count). The van der Waals surface area contributed by atoms with E-state index in [2.05, 4.69) is 31.0 Å². The fourth-order valence-corrected chi connectivity index (χ4v) is 6.29. The smallest absolute Gasteiger partial charge is 0.145 e. The minimum absolute atomic E-state index is 0.145. The van der Waals surface area contributed by atoms with Gasteiger partial charge in [-0.15, -0.1) is 11.8 Å². The van der Waals surface area contributed by atoms with E-state index in [0.29, 0.717) is 16.9 Å². The van der Waals surface area contributed by atoms with Crippen LogP contribution in [0.5, 0.6) is 0 Å². The van der Waals surface area contributed by atoms with E-state index in [9.17, 15) is 0 Å². The third-order valence-corrected chi connectivity index (χ3v) is 7.40.